The number of hydrogen-bond acceptors (Lipinski definition) is 3. The summed E-state index contributed by atoms with van der Waals surface area (Å²) in [6, 6.07) is 10.2. The van der Waals surface area contributed by atoms with Crippen molar-refractivity contribution >= 4 is 16.8 Å². The first kappa shape index (κ1) is 15.1. The number of aromatic nitrogens is 1. The van der Waals surface area contributed by atoms with Crippen molar-refractivity contribution in [2.45, 2.75) is 26.4 Å². The van der Waals surface area contributed by atoms with Crippen LogP contribution in [0.4, 0.5) is 0 Å². The molecule has 5 heteroatoms. The van der Waals surface area contributed by atoms with E-state index in [2.05, 4.69) is 35.8 Å². The number of amides is 1. The topological polar surface area (TPSA) is 69.8 Å². The molecule has 1 aromatic heterocycles. The van der Waals surface area contributed by atoms with Gasteiger partial charge in [0.15, 0.2) is 0 Å². The van der Waals surface area contributed by atoms with Gasteiger partial charge in [0.1, 0.15) is 13.1 Å². The lowest BCUT2D eigenvalue weighted by Gasteiger charge is -2.07. The molecule has 21 heavy (non-hydrogen) atoms. The van der Waals surface area contributed by atoms with E-state index in [1.165, 1.54) is 5.56 Å². The summed E-state index contributed by atoms with van der Waals surface area (Å²) in [4.78, 5) is 11.7. The van der Waals surface area contributed by atoms with E-state index in [1.807, 2.05) is 22.9 Å². The largest absolute Gasteiger partial charge is 0.341 e. The molecule has 2 aromatic rings. The molecular weight excluding hydrogens is 264 g/mol. The van der Waals surface area contributed by atoms with Gasteiger partial charge < -0.3 is 15.2 Å². The summed E-state index contributed by atoms with van der Waals surface area (Å²) >= 11 is 0. The molecule has 0 bridgehead atoms. The first-order chi connectivity index (χ1) is 10.2. The minimum absolute atomic E-state index is 0.0459. The highest BCUT2D eigenvalue weighted by Crippen LogP contribution is 2.17. The molecule has 1 heterocycles. The van der Waals surface area contributed by atoms with Crippen molar-refractivity contribution in [2.75, 3.05) is 13.1 Å². The van der Waals surface area contributed by atoms with Gasteiger partial charge in [-0.15, -0.1) is 0 Å². The molecular formula is C16H20N4O. The molecule has 0 aliphatic rings. The lowest BCUT2D eigenvalue weighted by molar-refractivity contribution is -0.121. The van der Waals surface area contributed by atoms with E-state index in [-0.39, 0.29) is 19.0 Å². The molecule has 0 atom stereocenters. The third-order valence-corrected chi connectivity index (χ3v) is 3.27. The first-order valence-electron chi connectivity index (χ1n) is 7.16. The van der Waals surface area contributed by atoms with E-state index >= 15 is 0 Å². The Morgan fingerprint density at radius 3 is 3.00 bits per heavy atom. The number of nitrogens with zero attached hydrogens (tertiary/aromatic N) is 2. The van der Waals surface area contributed by atoms with Crippen LogP contribution in [0.25, 0.3) is 10.9 Å². The van der Waals surface area contributed by atoms with Crippen LogP contribution in [0.3, 0.4) is 0 Å². The van der Waals surface area contributed by atoms with Crippen LogP contribution in [0, 0.1) is 11.3 Å². The molecule has 0 radical (unpaired) electrons. The third-order valence-electron chi connectivity index (χ3n) is 3.27. The lowest BCUT2D eigenvalue weighted by atomic mass is 10.1. The monoisotopic (exact) mass is 284 g/mol. The molecule has 5 nitrogen and oxygen atoms in total. The number of carbonyl (C=O) groups is 1. The van der Waals surface area contributed by atoms with Crippen LogP contribution in [0.1, 0.15) is 18.9 Å². The Morgan fingerprint density at radius 1 is 1.38 bits per heavy atom. The van der Waals surface area contributed by atoms with Gasteiger partial charge in [-0.2, -0.15) is 5.26 Å². The molecule has 0 unspecified atom stereocenters. The summed E-state index contributed by atoms with van der Waals surface area (Å²) in [6.45, 7) is 4.24. The quantitative estimate of drug-likeness (QED) is 0.601. The van der Waals surface area contributed by atoms with Gasteiger partial charge in [0, 0.05) is 18.3 Å². The SMILES string of the molecule is CCCNCc1ccc2ccn(CC(=O)NCC#N)c2c1. The van der Waals surface area contributed by atoms with E-state index in [4.69, 9.17) is 5.26 Å². The Bertz CT molecular complexity index is 654. The normalized spacial score (nSPS) is 10.5. The van der Waals surface area contributed by atoms with Crippen molar-refractivity contribution < 1.29 is 4.79 Å². The zero-order valence-corrected chi connectivity index (χ0v) is 12.2. The molecule has 1 aromatic carbocycles. The van der Waals surface area contributed by atoms with Crippen molar-refractivity contribution in [1.82, 2.24) is 15.2 Å². The summed E-state index contributed by atoms with van der Waals surface area (Å²) < 4.78 is 1.91. The minimum atomic E-state index is -0.149. The summed E-state index contributed by atoms with van der Waals surface area (Å²) in [7, 11) is 0. The molecule has 2 rings (SSSR count). The summed E-state index contributed by atoms with van der Waals surface area (Å²) in [5.41, 5.74) is 2.24. The molecule has 0 saturated heterocycles. The van der Waals surface area contributed by atoms with Crippen LogP contribution in [0.5, 0.6) is 0 Å². The average Bonchev–Trinajstić information content (AvgIpc) is 2.88. The Labute approximate surface area is 124 Å². The second-order valence-corrected chi connectivity index (χ2v) is 4.95. The second-order valence-electron chi connectivity index (χ2n) is 4.95. The molecule has 0 aliphatic carbocycles. The van der Waals surface area contributed by atoms with Crippen LogP contribution >= 0.6 is 0 Å². The standard InChI is InChI=1S/C16H20N4O/c1-2-7-18-11-13-3-4-14-5-9-20(15(14)10-13)12-16(21)19-8-6-17/h3-5,9-10,18H,2,7-8,11-12H2,1H3,(H,19,21). The fourth-order valence-corrected chi connectivity index (χ4v) is 2.24. The van der Waals surface area contributed by atoms with Crippen molar-refractivity contribution in [3.05, 3.63) is 36.0 Å². The van der Waals surface area contributed by atoms with Gasteiger partial charge in [-0.1, -0.05) is 19.1 Å². The Kier molecular flexibility index (Phi) is 5.35. The Morgan fingerprint density at radius 2 is 2.24 bits per heavy atom. The van der Waals surface area contributed by atoms with E-state index in [0.717, 1.165) is 30.4 Å². The number of benzene rings is 1. The van der Waals surface area contributed by atoms with Crippen LogP contribution in [-0.2, 0) is 17.9 Å². The van der Waals surface area contributed by atoms with Gasteiger partial charge in [-0.3, -0.25) is 4.79 Å². The van der Waals surface area contributed by atoms with E-state index in [0.29, 0.717) is 0 Å². The van der Waals surface area contributed by atoms with Gasteiger partial charge in [-0.05, 0) is 36.0 Å². The van der Waals surface area contributed by atoms with E-state index in [1.54, 1.807) is 0 Å². The van der Waals surface area contributed by atoms with E-state index < -0.39 is 0 Å². The second kappa shape index (κ2) is 7.46. The van der Waals surface area contributed by atoms with Crippen molar-refractivity contribution in [2.24, 2.45) is 0 Å². The first-order valence-corrected chi connectivity index (χ1v) is 7.16. The summed E-state index contributed by atoms with van der Waals surface area (Å²) in [5.74, 6) is -0.149. The summed E-state index contributed by atoms with van der Waals surface area (Å²) in [6.07, 6.45) is 3.01. The highest BCUT2D eigenvalue weighted by molar-refractivity contribution is 5.83. The van der Waals surface area contributed by atoms with Crippen LogP contribution < -0.4 is 10.6 Å². The number of fused-ring (bicyclic) bond motifs is 1. The molecule has 110 valence electrons. The lowest BCUT2D eigenvalue weighted by Crippen LogP contribution is -2.27. The molecule has 0 aliphatic heterocycles. The van der Waals surface area contributed by atoms with Gasteiger partial charge >= 0.3 is 0 Å². The Balaban J connectivity index is 2.11. The van der Waals surface area contributed by atoms with Crippen molar-refractivity contribution in [3.63, 3.8) is 0 Å². The predicted octanol–water partition coefficient (Wildman–Crippen LogP) is 1.78. The molecule has 2 N–H and O–H groups in total. The van der Waals surface area contributed by atoms with Gasteiger partial charge in [-0.25, -0.2) is 0 Å². The number of nitrogens with one attached hydrogen (secondary N) is 2. The zero-order valence-electron chi connectivity index (χ0n) is 12.2. The highest BCUT2D eigenvalue weighted by atomic mass is 16.1. The van der Waals surface area contributed by atoms with Gasteiger partial charge in [0.05, 0.1) is 6.07 Å². The van der Waals surface area contributed by atoms with Gasteiger partial charge in [0.2, 0.25) is 5.91 Å². The maximum absolute atomic E-state index is 11.7. The fraction of sp³-hybridized carbons (Fsp3) is 0.375. The average molecular weight is 284 g/mol. The minimum Gasteiger partial charge on any atom is -0.341 e. The summed E-state index contributed by atoms with van der Waals surface area (Å²) in [5, 5.41) is 15.5. The van der Waals surface area contributed by atoms with Gasteiger partial charge in [0.25, 0.3) is 0 Å². The maximum Gasteiger partial charge on any atom is 0.240 e. The number of carbonyl (C=O) groups excluding carboxylic acids is 1. The maximum atomic E-state index is 11.7. The number of hydrogen-bond donors (Lipinski definition) is 2. The predicted molar refractivity (Wildman–Crippen MR) is 82.6 cm³/mol. The van der Waals surface area contributed by atoms with E-state index in [9.17, 15) is 4.79 Å². The Hall–Kier alpha value is -2.32. The molecule has 0 fully saturated rings. The fourth-order valence-electron chi connectivity index (χ4n) is 2.24. The van der Waals surface area contributed by atoms with Crippen LogP contribution in [0.2, 0.25) is 0 Å². The van der Waals surface area contributed by atoms with Crippen LogP contribution in [-0.4, -0.2) is 23.6 Å². The zero-order chi connectivity index (χ0) is 15.1. The molecule has 0 saturated carbocycles. The smallest absolute Gasteiger partial charge is 0.240 e. The highest BCUT2D eigenvalue weighted by Gasteiger charge is 2.06. The number of nitriles is 1. The van der Waals surface area contributed by atoms with Crippen LogP contribution in [0.15, 0.2) is 30.5 Å². The number of rotatable bonds is 7. The van der Waals surface area contributed by atoms with Crippen molar-refractivity contribution in [3.8, 4) is 6.07 Å². The third kappa shape index (κ3) is 4.07. The molecule has 0 spiro atoms. The van der Waals surface area contributed by atoms with Crippen molar-refractivity contribution in [1.29, 1.82) is 5.26 Å². The molecule has 1 amide bonds.